The molecule has 0 saturated carbocycles. The molecule has 2 aromatic heterocycles. The summed E-state index contributed by atoms with van der Waals surface area (Å²) in [5.41, 5.74) is 1.08. The summed E-state index contributed by atoms with van der Waals surface area (Å²) in [6.07, 6.45) is 3.17. The maximum absolute atomic E-state index is 13.6. The zero-order valence-electron chi connectivity index (χ0n) is 17.4. The number of hydrogen-bond donors (Lipinski definition) is 2. The van der Waals surface area contributed by atoms with Gasteiger partial charge in [-0.1, -0.05) is 18.2 Å². The number of aromatic carboxylic acids is 1. The first-order valence-corrected chi connectivity index (χ1v) is 9.81. The van der Waals surface area contributed by atoms with Gasteiger partial charge in [0.1, 0.15) is 23.1 Å². The lowest BCUT2D eigenvalue weighted by atomic mass is 10.1. The van der Waals surface area contributed by atoms with Crippen LogP contribution in [0.2, 0.25) is 0 Å². The normalized spacial score (nSPS) is 11.7. The van der Waals surface area contributed by atoms with E-state index in [4.69, 9.17) is 14.6 Å². The number of nitrogens with zero attached hydrogens (tertiary/aromatic N) is 2. The van der Waals surface area contributed by atoms with Gasteiger partial charge in [-0.05, 0) is 42.8 Å². The Morgan fingerprint density at radius 3 is 2.59 bits per heavy atom. The van der Waals surface area contributed by atoms with E-state index in [1.54, 1.807) is 55.8 Å². The highest BCUT2D eigenvalue weighted by molar-refractivity contribution is 5.99. The Morgan fingerprint density at radius 1 is 1.12 bits per heavy atom. The van der Waals surface area contributed by atoms with Gasteiger partial charge < -0.3 is 19.9 Å². The van der Waals surface area contributed by atoms with Crippen molar-refractivity contribution in [3.63, 3.8) is 0 Å². The highest BCUT2D eigenvalue weighted by Gasteiger charge is 2.17. The van der Waals surface area contributed by atoms with E-state index in [1.807, 2.05) is 6.92 Å². The molecule has 0 aliphatic rings. The molecule has 4 aromatic rings. The van der Waals surface area contributed by atoms with E-state index in [9.17, 15) is 9.18 Å². The first-order valence-electron chi connectivity index (χ1n) is 9.81. The standard InChI is InChI=1S/C24H20FN3O4/c1-14(15-6-8-16(9-7-15)24(29)30)28-22-21-19(10-11-26-22)20(31-2)13-27-23(21)32-18-5-3-4-17(25)12-18/h3-14H,1-2H3,(H,26,28)(H,29,30)/t14-/m0/s1. The van der Waals surface area contributed by atoms with Crippen LogP contribution in [0.15, 0.2) is 67.0 Å². The first-order chi connectivity index (χ1) is 15.5. The number of nitrogens with one attached hydrogen (secondary N) is 1. The van der Waals surface area contributed by atoms with Crippen LogP contribution in [-0.4, -0.2) is 28.2 Å². The summed E-state index contributed by atoms with van der Waals surface area (Å²) in [5, 5.41) is 13.7. The molecule has 1 atom stereocenters. The summed E-state index contributed by atoms with van der Waals surface area (Å²) in [4.78, 5) is 19.9. The van der Waals surface area contributed by atoms with Gasteiger partial charge in [0.15, 0.2) is 0 Å². The van der Waals surface area contributed by atoms with Gasteiger partial charge in [0.2, 0.25) is 5.88 Å². The van der Waals surface area contributed by atoms with Crippen LogP contribution < -0.4 is 14.8 Å². The number of hydrogen-bond acceptors (Lipinski definition) is 6. The molecule has 0 bridgehead atoms. The predicted molar refractivity (Wildman–Crippen MR) is 118 cm³/mol. The zero-order valence-corrected chi connectivity index (χ0v) is 17.4. The third kappa shape index (κ3) is 4.29. The number of pyridine rings is 2. The molecule has 0 radical (unpaired) electrons. The van der Waals surface area contributed by atoms with Crippen molar-refractivity contribution < 1.29 is 23.8 Å². The summed E-state index contributed by atoms with van der Waals surface area (Å²) in [5.74, 6) is 0.178. The SMILES string of the molecule is COc1cnc(Oc2cccc(F)c2)c2c(N[C@@H](C)c3ccc(C(=O)O)cc3)nccc12. The van der Waals surface area contributed by atoms with Crippen molar-refractivity contribution >= 4 is 22.6 Å². The second kappa shape index (κ2) is 8.89. The fourth-order valence-corrected chi connectivity index (χ4v) is 3.33. The number of rotatable bonds is 7. The molecule has 0 unspecified atom stereocenters. The largest absolute Gasteiger partial charge is 0.494 e. The summed E-state index contributed by atoms with van der Waals surface area (Å²) in [6, 6.07) is 14.0. The van der Waals surface area contributed by atoms with Crippen LogP contribution in [-0.2, 0) is 0 Å². The van der Waals surface area contributed by atoms with Gasteiger partial charge in [-0.3, -0.25) is 0 Å². The van der Waals surface area contributed by atoms with E-state index in [0.29, 0.717) is 22.7 Å². The van der Waals surface area contributed by atoms with Crippen LogP contribution in [0.4, 0.5) is 10.2 Å². The minimum atomic E-state index is -0.981. The molecule has 2 N–H and O–H groups in total. The van der Waals surface area contributed by atoms with Crippen LogP contribution in [0.25, 0.3) is 10.8 Å². The molecule has 0 fully saturated rings. The van der Waals surface area contributed by atoms with Crippen molar-refractivity contribution in [1.82, 2.24) is 9.97 Å². The van der Waals surface area contributed by atoms with Gasteiger partial charge in [-0.25, -0.2) is 19.2 Å². The molecule has 32 heavy (non-hydrogen) atoms. The number of anilines is 1. The number of fused-ring (bicyclic) bond motifs is 1. The van der Waals surface area contributed by atoms with Gasteiger partial charge in [-0.2, -0.15) is 0 Å². The van der Waals surface area contributed by atoms with Crippen LogP contribution in [0.5, 0.6) is 17.4 Å². The van der Waals surface area contributed by atoms with Crippen LogP contribution >= 0.6 is 0 Å². The number of benzene rings is 2. The smallest absolute Gasteiger partial charge is 0.335 e. The molecule has 2 aromatic carbocycles. The van der Waals surface area contributed by atoms with Gasteiger partial charge in [0.05, 0.1) is 24.3 Å². The van der Waals surface area contributed by atoms with Crippen molar-refractivity contribution in [1.29, 1.82) is 0 Å². The van der Waals surface area contributed by atoms with E-state index in [-0.39, 0.29) is 17.5 Å². The molecule has 8 heteroatoms. The van der Waals surface area contributed by atoms with Crippen molar-refractivity contribution in [2.24, 2.45) is 0 Å². The number of carbonyl (C=O) groups is 1. The van der Waals surface area contributed by atoms with Crippen molar-refractivity contribution in [3.05, 3.63) is 83.9 Å². The Bertz CT molecular complexity index is 1280. The number of halogens is 1. The molecule has 0 saturated heterocycles. The Kier molecular flexibility index (Phi) is 5.85. The third-order valence-electron chi connectivity index (χ3n) is 4.97. The summed E-state index contributed by atoms with van der Waals surface area (Å²) in [6.45, 7) is 1.93. The molecule has 2 heterocycles. The average Bonchev–Trinajstić information content (AvgIpc) is 2.79. The highest BCUT2D eigenvalue weighted by atomic mass is 19.1. The second-order valence-electron chi connectivity index (χ2n) is 7.07. The Morgan fingerprint density at radius 2 is 1.91 bits per heavy atom. The number of ether oxygens (including phenoxy) is 2. The second-order valence-corrected chi connectivity index (χ2v) is 7.07. The molecule has 4 rings (SSSR count). The molecular weight excluding hydrogens is 413 g/mol. The summed E-state index contributed by atoms with van der Waals surface area (Å²) < 4.78 is 25.0. The van der Waals surface area contributed by atoms with E-state index in [0.717, 1.165) is 10.9 Å². The van der Waals surface area contributed by atoms with Crippen LogP contribution in [0, 0.1) is 5.82 Å². The number of carboxylic acid groups (broad SMARTS) is 1. The third-order valence-corrected chi connectivity index (χ3v) is 4.97. The topological polar surface area (TPSA) is 93.6 Å². The molecule has 0 aliphatic heterocycles. The molecule has 162 valence electrons. The lowest BCUT2D eigenvalue weighted by Gasteiger charge is -2.18. The summed E-state index contributed by atoms with van der Waals surface area (Å²) in [7, 11) is 1.55. The predicted octanol–water partition coefficient (Wildman–Crippen LogP) is 5.44. The molecule has 7 nitrogen and oxygen atoms in total. The fraction of sp³-hybridized carbons (Fsp3) is 0.125. The lowest BCUT2D eigenvalue weighted by molar-refractivity contribution is 0.0697. The van der Waals surface area contributed by atoms with E-state index < -0.39 is 11.8 Å². The maximum atomic E-state index is 13.6. The Labute approximate surface area is 183 Å². The van der Waals surface area contributed by atoms with Gasteiger partial charge in [-0.15, -0.1) is 0 Å². The van der Waals surface area contributed by atoms with Gasteiger partial charge >= 0.3 is 5.97 Å². The Balaban J connectivity index is 1.74. The Hall–Kier alpha value is -4.20. The van der Waals surface area contributed by atoms with Crippen molar-refractivity contribution in [2.45, 2.75) is 13.0 Å². The van der Waals surface area contributed by atoms with Crippen LogP contribution in [0.3, 0.4) is 0 Å². The monoisotopic (exact) mass is 433 g/mol. The zero-order chi connectivity index (χ0) is 22.7. The minimum Gasteiger partial charge on any atom is -0.494 e. The van der Waals surface area contributed by atoms with Crippen molar-refractivity contribution in [3.8, 4) is 17.4 Å². The van der Waals surface area contributed by atoms with E-state index in [2.05, 4.69) is 15.3 Å². The molecule has 0 aliphatic carbocycles. The van der Waals surface area contributed by atoms with E-state index in [1.165, 1.54) is 18.3 Å². The molecular formula is C24H20FN3O4. The van der Waals surface area contributed by atoms with Gasteiger partial charge in [0, 0.05) is 23.7 Å². The van der Waals surface area contributed by atoms with E-state index >= 15 is 0 Å². The molecule has 0 spiro atoms. The number of carboxylic acids is 1. The van der Waals surface area contributed by atoms with Crippen molar-refractivity contribution in [2.75, 3.05) is 12.4 Å². The minimum absolute atomic E-state index is 0.204. The quantitative estimate of drug-likeness (QED) is 0.401. The molecule has 0 amide bonds. The summed E-state index contributed by atoms with van der Waals surface area (Å²) >= 11 is 0. The maximum Gasteiger partial charge on any atom is 0.335 e. The highest BCUT2D eigenvalue weighted by Crippen LogP contribution is 2.38. The van der Waals surface area contributed by atoms with Gasteiger partial charge in [0.25, 0.3) is 0 Å². The average molecular weight is 433 g/mol. The van der Waals surface area contributed by atoms with Crippen LogP contribution in [0.1, 0.15) is 28.9 Å². The lowest BCUT2D eigenvalue weighted by Crippen LogP contribution is -2.09. The first kappa shape index (κ1) is 21.0. The fourth-order valence-electron chi connectivity index (χ4n) is 3.33. The number of aromatic nitrogens is 2. The number of methoxy groups -OCH3 is 1.